The Morgan fingerprint density at radius 1 is 1.15 bits per heavy atom. The molecule has 0 N–H and O–H groups in total. The summed E-state index contributed by atoms with van der Waals surface area (Å²) in [6.07, 6.45) is 1.58. The van der Waals surface area contributed by atoms with Crippen LogP contribution in [-0.4, -0.2) is 29.4 Å². The van der Waals surface area contributed by atoms with E-state index in [-0.39, 0.29) is 17.3 Å². The van der Waals surface area contributed by atoms with E-state index in [2.05, 4.69) is 0 Å². The van der Waals surface area contributed by atoms with E-state index in [1.807, 2.05) is 0 Å². The van der Waals surface area contributed by atoms with Crippen LogP contribution in [0.4, 0.5) is 11.4 Å². The second-order valence-electron chi connectivity index (χ2n) is 5.40. The van der Waals surface area contributed by atoms with Crippen LogP contribution in [0.2, 0.25) is 0 Å². The summed E-state index contributed by atoms with van der Waals surface area (Å²) in [5, 5.41) is 11.2. The molecule has 3 rings (SSSR count). The van der Waals surface area contributed by atoms with E-state index in [4.69, 9.17) is 21.7 Å². The minimum atomic E-state index is -0.529. The van der Waals surface area contributed by atoms with Gasteiger partial charge >= 0.3 is 5.69 Å². The van der Waals surface area contributed by atoms with Gasteiger partial charge in [0, 0.05) is 6.07 Å². The van der Waals surface area contributed by atoms with Crippen LogP contribution in [0.3, 0.4) is 0 Å². The predicted octanol–water partition coefficient (Wildman–Crippen LogP) is 4.02. The lowest BCUT2D eigenvalue weighted by Gasteiger charge is -2.14. The van der Waals surface area contributed by atoms with Crippen molar-refractivity contribution in [3.05, 3.63) is 63.0 Å². The SMILES string of the molecule is COc1ccc(N2C(=O)/C(=C\c3ccc(OC)c([N+](=O)[O-])c3)SC2=S)cc1. The van der Waals surface area contributed by atoms with E-state index in [1.54, 1.807) is 43.5 Å². The second kappa shape index (κ2) is 7.77. The topological polar surface area (TPSA) is 81.9 Å². The van der Waals surface area contributed by atoms with E-state index in [1.165, 1.54) is 24.1 Å². The largest absolute Gasteiger partial charge is 0.497 e. The maximum absolute atomic E-state index is 12.8. The number of nitro benzene ring substituents is 1. The molecule has 1 fully saturated rings. The first-order valence-corrected chi connectivity index (χ1v) is 8.91. The van der Waals surface area contributed by atoms with Gasteiger partial charge in [-0.15, -0.1) is 0 Å². The van der Waals surface area contributed by atoms with Gasteiger partial charge in [-0.05, 0) is 42.0 Å². The van der Waals surface area contributed by atoms with Gasteiger partial charge in [0.15, 0.2) is 10.1 Å². The second-order valence-corrected chi connectivity index (χ2v) is 7.08. The van der Waals surface area contributed by atoms with E-state index >= 15 is 0 Å². The number of hydrogen-bond donors (Lipinski definition) is 0. The maximum Gasteiger partial charge on any atom is 0.311 e. The molecule has 9 heteroatoms. The molecule has 1 aliphatic heterocycles. The molecule has 1 saturated heterocycles. The molecule has 0 saturated carbocycles. The fourth-order valence-electron chi connectivity index (χ4n) is 2.51. The number of thiocarbonyl (C=S) groups is 1. The van der Waals surface area contributed by atoms with Crippen molar-refractivity contribution in [2.75, 3.05) is 19.1 Å². The Labute approximate surface area is 164 Å². The third-order valence-electron chi connectivity index (χ3n) is 3.82. The van der Waals surface area contributed by atoms with Gasteiger partial charge in [-0.2, -0.15) is 0 Å². The molecule has 0 radical (unpaired) electrons. The molecule has 0 atom stereocenters. The normalized spacial score (nSPS) is 15.3. The minimum absolute atomic E-state index is 0.155. The standard InChI is InChI=1S/C18H14N2O5S2/c1-24-13-6-4-12(5-7-13)19-17(21)16(27-18(19)26)10-11-3-8-15(25-2)14(9-11)20(22)23/h3-10H,1-2H3/b16-10+. The highest BCUT2D eigenvalue weighted by atomic mass is 32.2. The smallest absolute Gasteiger partial charge is 0.311 e. The van der Waals surface area contributed by atoms with Gasteiger partial charge in [0.05, 0.1) is 29.7 Å². The van der Waals surface area contributed by atoms with Gasteiger partial charge in [0.25, 0.3) is 5.91 Å². The summed E-state index contributed by atoms with van der Waals surface area (Å²) in [6, 6.07) is 11.5. The number of hydrogen-bond acceptors (Lipinski definition) is 7. The molecule has 7 nitrogen and oxygen atoms in total. The molecule has 1 aliphatic rings. The fourth-order valence-corrected chi connectivity index (χ4v) is 3.81. The molecule has 0 aliphatic carbocycles. The maximum atomic E-state index is 12.8. The van der Waals surface area contributed by atoms with Crippen LogP contribution < -0.4 is 14.4 Å². The molecule has 0 aromatic heterocycles. The zero-order valence-electron chi connectivity index (χ0n) is 14.4. The van der Waals surface area contributed by atoms with Crippen LogP contribution in [0.15, 0.2) is 47.4 Å². The number of carbonyl (C=O) groups is 1. The number of amides is 1. The van der Waals surface area contributed by atoms with Crippen LogP contribution in [0.1, 0.15) is 5.56 Å². The molecule has 138 valence electrons. The molecule has 1 heterocycles. The van der Waals surface area contributed by atoms with Crippen molar-refractivity contribution in [2.24, 2.45) is 0 Å². The monoisotopic (exact) mass is 402 g/mol. The molecule has 2 aromatic rings. The van der Waals surface area contributed by atoms with E-state index in [0.29, 0.717) is 26.2 Å². The molecule has 2 aromatic carbocycles. The predicted molar refractivity (Wildman–Crippen MR) is 108 cm³/mol. The minimum Gasteiger partial charge on any atom is -0.497 e. The van der Waals surface area contributed by atoms with Crippen LogP contribution in [0.5, 0.6) is 11.5 Å². The highest BCUT2D eigenvalue weighted by Crippen LogP contribution is 2.37. The number of anilines is 1. The summed E-state index contributed by atoms with van der Waals surface area (Å²) in [6.45, 7) is 0. The Balaban J connectivity index is 1.92. The van der Waals surface area contributed by atoms with Crippen molar-refractivity contribution in [1.29, 1.82) is 0 Å². The summed E-state index contributed by atoms with van der Waals surface area (Å²) in [5.41, 5.74) is 0.969. The van der Waals surface area contributed by atoms with Crippen molar-refractivity contribution in [3.63, 3.8) is 0 Å². The summed E-state index contributed by atoms with van der Waals surface area (Å²) in [4.78, 5) is 25.2. The van der Waals surface area contributed by atoms with Crippen molar-refractivity contribution >= 4 is 51.7 Å². The highest BCUT2D eigenvalue weighted by Gasteiger charge is 2.33. The third-order valence-corrected chi connectivity index (χ3v) is 5.12. The molecular formula is C18H14N2O5S2. The number of methoxy groups -OCH3 is 2. The van der Waals surface area contributed by atoms with Gasteiger partial charge in [0.1, 0.15) is 5.75 Å². The first kappa shape index (κ1) is 18.9. The van der Waals surface area contributed by atoms with Crippen LogP contribution >= 0.6 is 24.0 Å². The summed E-state index contributed by atoms with van der Waals surface area (Å²) < 4.78 is 10.5. The Kier molecular flexibility index (Phi) is 5.43. The Hall–Kier alpha value is -2.91. The van der Waals surface area contributed by atoms with E-state index in [0.717, 1.165) is 11.8 Å². The first-order valence-electron chi connectivity index (χ1n) is 7.69. The third kappa shape index (κ3) is 3.79. The van der Waals surface area contributed by atoms with E-state index in [9.17, 15) is 14.9 Å². The number of carbonyl (C=O) groups excluding carboxylic acids is 1. The number of ether oxygens (including phenoxy) is 2. The number of rotatable bonds is 5. The van der Waals surface area contributed by atoms with Crippen LogP contribution in [0, 0.1) is 10.1 Å². The molecule has 1 amide bonds. The van der Waals surface area contributed by atoms with Gasteiger partial charge in [-0.3, -0.25) is 19.8 Å². The molecule has 0 spiro atoms. The summed E-state index contributed by atoms with van der Waals surface area (Å²) in [5.74, 6) is 0.543. The average Bonchev–Trinajstić information content (AvgIpc) is 2.95. The van der Waals surface area contributed by atoms with Gasteiger partial charge in [-0.1, -0.05) is 30.0 Å². The molecular weight excluding hydrogens is 388 g/mol. The lowest BCUT2D eigenvalue weighted by atomic mass is 10.1. The summed E-state index contributed by atoms with van der Waals surface area (Å²) in [7, 11) is 2.92. The van der Waals surface area contributed by atoms with Crippen molar-refractivity contribution in [1.82, 2.24) is 0 Å². The average molecular weight is 402 g/mol. The van der Waals surface area contributed by atoms with Crippen LogP contribution in [0.25, 0.3) is 6.08 Å². The zero-order valence-corrected chi connectivity index (χ0v) is 16.0. The fraction of sp³-hybridized carbons (Fsp3) is 0.111. The molecule has 27 heavy (non-hydrogen) atoms. The van der Waals surface area contributed by atoms with Crippen LogP contribution in [-0.2, 0) is 4.79 Å². The Morgan fingerprint density at radius 2 is 1.85 bits per heavy atom. The quantitative estimate of drug-likeness (QED) is 0.323. The lowest BCUT2D eigenvalue weighted by molar-refractivity contribution is -0.385. The van der Waals surface area contributed by atoms with Crippen molar-refractivity contribution in [2.45, 2.75) is 0 Å². The van der Waals surface area contributed by atoms with Crippen molar-refractivity contribution in [3.8, 4) is 11.5 Å². The molecule has 0 bridgehead atoms. The van der Waals surface area contributed by atoms with Gasteiger partial charge in [-0.25, -0.2) is 0 Å². The number of benzene rings is 2. The Morgan fingerprint density at radius 3 is 2.44 bits per heavy atom. The summed E-state index contributed by atoms with van der Waals surface area (Å²) >= 11 is 6.47. The number of nitro groups is 1. The lowest BCUT2D eigenvalue weighted by Crippen LogP contribution is -2.27. The van der Waals surface area contributed by atoms with E-state index < -0.39 is 4.92 Å². The Bertz CT molecular complexity index is 957. The van der Waals surface area contributed by atoms with Gasteiger partial charge < -0.3 is 9.47 Å². The molecule has 0 unspecified atom stereocenters. The zero-order chi connectivity index (χ0) is 19.6. The van der Waals surface area contributed by atoms with Gasteiger partial charge in [0.2, 0.25) is 0 Å². The number of nitrogens with zero attached hydrogens (tertiary/aromatic N) is 2. The van der Waals surface area contributed by atoms with Crippen molar-refractivity contribution < 1.29 is 19.2 Å². The first-order chi connectivity index (χ1) is 12.9. The number of thioether (sulfide) groups is 1. The highest BCUT2D eigenvalue weighted by molar-refractivity contribution is 8.27.